The van der Waals surface area contributed by atoms with Gasteiger partial charge in [0.25, 0.3) is 0 Å². The van der Waals surface area contributed by atoms with Crippen molar-refractivity contribution in [3.63, 3.8) is 0 Å². The molecule has 166 valence electrons. The predicted molar refractivity (Wildman–Crippen MR) is 134 cm³/mol. The van der Waals surface area contributed by atoms with Crippen LogP contribution in [0.3, 0.4) is 0 Å². The lowest BCUT2D eigenvalue weighted by molar-refractivity contribution is 0.458. The van der Waals surface area contributed by atoms with E-state index in [1.54, 1.807) is 24.4 Å². The van der Waals surface area contributed by atoms with Crippen molar-refractivity contribution in [2.75, 3.05) is 0 Å². The van der Waals surface area contributed by atoms with Crippen LogP contribution in [0.4, 0.5) is 0 Å². The number of hydrogen-bond donors (Lipinski definition) is 1. The molecule has 0 saturated heterocycles. The Balaban J connectivity index is 1.51. The summed E-state index contributed by atoms with van der Waals surface area (Å²) in [6.45, 7) is 4.36. The van der Waals surface area contributed by atoms with E-state index in [1.165, 1.54) is 5.56 Å². The van der Waals surface area contributed by atoms with E-state index in [0.29, 0.717) is 28.6 Å². The highest BCUT2D eigenvalue weighted by atomic mass is 16.5. The molecule has 6 nitrogen and oxygen atoms in total. The van der Waals surface area contributed by atoms with Crippen LogP contribution in [0.15, 0.2) is 85.2 Å². The van der Waals surface area contributed by atoms with Crippen LogP contribution in [-0.2, 0) is 0 Å². The van der Waals surface area contributed by atoms with E-state index >= 15 is 0 Å². The molecule has 3 aromatic heterocycles. The highest BCUT2D eigenvalue weighted by Crippen LogP contribution is 2.35. The Kier molecular flexibility index (Phi) is 4.66. The number of aromatic hydroxyl groups is 1. The van der Waals surface area contributed by atoms with Gasteiger partial charge in [0.05, 0.1) is 22.7 Å². The van der Waals surface area contributed by atoms with Gasteiger partial charge in [0.2, 0.25) is 5.88 Å². The lowest BCUT2D eigenvalue weighted by Crippen LogP contribution is -1.99. The molecule has 0 bridgehead atoms. The number of phenolic OH excluding ortho intramolecular Hbond substituents is 1. The van der Waals surface area contributed by atoms with Crippen molar-refractivity contribution in [3.05, 3.63) is 90.8 Å². The summed E-state index contributed by atoms with van der Waals surface area (Å²) >= 11 is 0. The lowest BCUT2D eigenvalue weighted by atomic mass is 10.1. The Morgan fingerprint density at radius 3 is 2.59 bits per heavy atom. The fourth-order valence-corrected chi connectivity index (χ4v) is 4.35. The highest BCUT2D eigenvalue weighted by Gasteiger charge is 2.15. The Bertz CT molecular complexity index is 1690. The molecular formula is C28H22N4O2. The topological polar surface area (TPSA) is 73.1 Å². The van der Waals surface area contributed by atoms with Gasteiger partial charge in [0, 0.05) is 23.0 Å². The number of pyridine rings is 1. The van der Waals surface area contributed by atoms with Gasteiger partial charge in [0.1, 0.15) is 22.8 Å². The van der Waals surface area contributed by atoms with Crippen molar-refractivity contribution < 1.29 is 9.84 Å². The van der Waals surface area contributed by atoms with Crippen LogP contribution in [-0.4, -0.2) is 24.6 Å². The minimum atomic E-state index is 0.0714. The van der Waals surface area contributed by atoms with Crippen LogP contribution in [0.5, 0.6) is 17.4 Å². The van der Waals surface area contributed by atoms with Crippen LogP contribution >= 0.6 is 0 Å². The van der Waals surface area contributed by atoms with E-state index in [2.05, 4.69) is 58.7 Å². The molecule has 0 aliphatic heterocycles. The Labute approximate surface area is 196 Å². The molecule has 0 saturated carbocycles. The largest absolute Gasteiger partial charge is 0.506 e. The zero-order valence-corrected chi connectivity index (χ0v) is 18.8. The molecular weight excluding hydrogens is 424 g/mol. The number of phenols is 1. The zero-order chi connectivity index (χ0) is 23.2. The summed E-state index contributed by atoms with van der Waals surface area (Å²) in [7, 11) is 0. The van der Waals surface area contributed by atoms with Crippen molar-refractivity contribution in [1.82, 2.24) is 19.5 Å². The molecule has 0 aliphatic rings. The number of para-hydroxylation sites is 2. The van der Waals surface area contributed by atoms with E-state index in [1.807, 2.05) is 30.5 Å². The summed E-state index contributed by atoms with van der Waals surface area (Å²) in [5.74, 6) is 2.28. The second kappa shape index (κ2) is 7.85. The first-order valence-corrected chi connectivity index (χ1v) is 11.2. The fraction of sp³-hybridized carbons (Fsp3) is 0.107. The van der Waals surface area contributed by atoms with Gasteiger partial charge < -0.3 is 9.84 Å². The minimum absolute atomic E-state index is 0.0714. The molecule has 0 radical (unpaired) electrons. The molecule has 1 N–H and O–H groups in total. The molecule has 6 heteroatoms. The maximum absolute atomic E-state index is 10.1. The summed E-state index contributed by atoms with van der Waals surface area (Å²) < 4.78 is 8.25. The van der Waals surface area contributed by atoms with Crippen LogP contribution < -0.4 is 4.74 Å². The zero-order valence-electron chi connectivity index (χ0n) is 18.8. The lowest BCUT2D eigenvalue weighted by Gasteiger charge is -2.11. The second-order valence-corrected chi connectivity index (χ2v) is 8.59. The highest BCUT2D eigenvalue weighted by molar-refractivity contribution is 6.09. The first-order valence-electron chi connectivity index (χ1n) is 11.2. The third-order valence-electron chi connectivity index (χ3n) is 6.06. The molecule has 0 spiro atoms. The smallest absolute Gasteiger partial charge is 0.238 e. The average Bonchev–Trinajstić information content (AvgIpc) is 3.18. The van der Waals surface area contributed by atoms with Gasteiger partial charge in [-0.25, -0.2) is 15.0 Å². The molecule has 34 heavy (non-hydrogen) atoms. The van der Waals surface area contributed by atoms with Gasteiger partial charge in [-0.3, -0.25) is 4.57 Å². The van der Waals surface area contributed by atoms with Crippen molar-refractivity contribution in [2.24, 2.45) is 0 Å². The maximum atomic E-state index is 10.1. The van der Waals surface area contributed by atoms with Gasteiger partial charge in [-0.1, -0.05) is 38.1 Å². The Hall–Kier alpha value is -4.45. The van der Waals surface area contributed by atoms with E-state index in [0.717, 1.165) is 27.6 Å². The standard InChI is InChI=1S/C28H22N4O2/c1-17(2)18-12-13-29-26(14-18)32-23-8-4-3-6-20(23)21-11-10-19(15-24(21)32)34-27-16-30-22-7-5-9-25(33)28(22)31-27/h3-17,33H,1-2H3. The molecule has 0 aliphatic carbocycles. The molecule has 3 heterocycles. The van der Waals surface area contributed by atoms with Crippen molar-refractivity contribution in [3.8, 4) is 23.2 Å². The number of fused-ring (bicyclic) bond motifs is 4. The average molecular weight is 447 g/mol. The number of rotatable bonds is 4. The van der Waals surface area contributed by atoms with E-state index in [9.17, 15) is 5.11 Å². The van der Waals surface area contributed by atoms with Gasteiger partial charge in [-0.05, 0) is 53.9 Å². The number of ether oxygens (including phenoxy) is 1. The molecule has 0 amide bonds. The maximum Gasteiger partial charge on any atom is 0.238 e. The summed E-state index contributed by atoms with van der Waals surface area (Å²) in [6.07, 6.45) is 3.43. The first kappa shape index (κ1) is 20.2. The van der Waals surface area contributed by atoms with E-state index < -0.39 is 0 Å². The van der Waals surface area contributed by atoms with Crippen molar-refractivity contribution >= 4 is 32.8 Å². The predicted octanol–water partition coefficient (Wildman–Crippen LogP) is 6.74. The molecule has 0 fully saturated rings. The number of benzene rings is 3. The number of aromatic nitrogens is 4. The third kappa shape index (κ3) is 3.31. The summed E-state index contributed by atoms with van der Waals surface area (Å²) in [4.78, 5) is 13.5. The normalized spacial score (nSPS) is 11.6. The van der Waals surface area contributed by atoms with Gasteiger partial charge in [-0.2, -0.15) is 0 Å². The fourth-order valence-electron chi connectivity index (χ4n) is 4.35. The summed E-state index contributed by atoms with van der Waals surface area (Å²) in [6, 6.07) is 23.6. The molecule has 0 atom stereocenters. The number of nitrogens with zero attached hydrogens (tertiary/aromatic N) is 4. The van der Waals surface area contributed by atoms with Crippen molar-refractivity contribution in [2.45, 2.75) is 19.8 Å². The van der Waals surface area contributed by atoms with Crippen molar-refractivity contribution in [1.29, 1.82) is 0 Å². The second-order valence-electron chi connectivity index (χ2n) is 8.59. The quantitative estimate of drug-likeness (QED) is 0.324. The minimum Gasteiger partial charge on any atom is -0.506 e. The SMILES string of the molecule is CC(C)c1ccnc(-n2c3ccccc3c3ccc(Oc4cnc5cccc(O)c5n4)cc32)c1. The number of hydrogen-bond acceptors (Lipinski definition) is 5. The molecule has 6 aromatic rings. The van der Waals surface area contributed by atoms with Gasteiger partial charge >= 0.3 is 0 Å². The van der Waals surface area contributed by atoms with Gasteiger partial charge in [0.15, 0.2) is 0 Å². The Morgan fingerprint density at radius 2 is 1.71 bits per heavy atom. The van der Waals surface area contributed by atoms with Crippen LogP contribution in [0.2, 0.25) is 0 Å². The molecule has 0 unspecified atom stereocenters. The van der Waals surface area contributed by atoms with E-state index in [-0.39, 0.29) is 5.75 Å². The molecule has 6 rings (SSSR count). The molecule has 3 aromatic carbocycles. The third-order valence-corrected chi connectivity index (χ3v) is 6.06. The summed E-state index contributed by atoms with van der Waals surface area (Å²) in [5, 5.41) is 12.4. The Morgan fingerprint density at radius 1 is 0.853 bits per heavy atom. The van der Waals surface area contributed by atoms with Gasteiger partial charge in [-0.15, -0.1) is 0 Å². The van der Waals surface area contributed by atoms with Crippen LogP contribution in [0.25, 0.3) is 38.7 Å². The first-order chi connectivity index (χ1) is 16.6. The monoisotopic (exact) mass is 446 g/mol. The summed E-state index contributed by atoms with van der Waals surface area (Å²) in [5.41, 5.74) is 4.32. The van der Waals surface area contributed by atoms with Crippen LogP contribution in [0.1, 0.15) is 25.3 Å². The van der Waals surface area contributed by atoms with E-state index in [4.69, 9.17) is 9.72 Å². The van der Waals surface area contributed by atoms with Crippen LogP contribution in [0, 0.1) is 0 Å².